The minimum atomic E-state index is -4.80. The lowest BCUT2D eigenvalue weighted by atomic mass is 9.96. The molecule has 0 amide bonds. The normalized spacial score (nSPS) is 13.7. The lowest BCUT2D eigenvalue weighted by molar-refractivity contribution is -0.138. The number of Topliss-reactive ketones (excluding diaryl/α,β-unsaturated/α-hetero) is 4. The summed E-state index contributed by atoms with van der Waals surface area (Å²) < 4.78 is 41.8. The van der Waals surface area contributed by atoms with Gasteiger partial charge < -0.3 is 0 Å². The monoisotopic (exact) mass is 680 g/mol. The molecule has 9 heteroatoms. The third-order valence-electron chi connectivity index (χ3n) is 9.71. The van der Waals surface area contributed by atoms with Gasteiger partial charge in [0.25, 0.3) is 0 Å². The number of carbonyl (C=O) groups is 4. The highest BCUT2D eigenvalue weighted by Crippen LogP contribution is 2.33. The molecule has 4 aromatic rings. The second-order valence-electron chi connectivity index (χ2n) is 13.4. The van der Waals surface area contributed by atoms with E-state index < -0.39 is 29.6 Å². The Bertz CT molecular complexity index is 1970. The van der Waals surface area contributed by atoms with E-state index in [9.17, 15) is 32.3 Å². The van der Waals surface area contributed by atoms with E-state index >= 15 is 0 Å². The molecule has 0 N–H and O–H groups in total. The topological polar surface area (TPSA) is 84.4 Å². The van der Waals surface area contributed by atoms with Gasteiger partial charge in [-0.3, -0.25) is 24.1 Å². The zero-order chi connectivity index (χ0) is 35.4. The van der Waals surface area contributed by atoms with Crippen LogP contribution >= 0.6 is 0 Å². The number of alkyl halides is 3. The number of benzene rings is 3. The molecule has 0 fully saturated rings. The predicted octanol–water partition coefficient (Wildman–Crippen LogP) is 8.40. The lowest BCUT2D eigenvalue weighted by Crippen LogP contribution is -2.22. The van der Waals surface area contributed by atoms with Crippen molar-refractivity contribution >= 4 is 23.1 Å². The van der Waals surface area contributed by atoms with Crippen LogP contribution in [-0.2, 0) is 44.9 Å². The van der Waals surface area contributed by atoms with Crippen molar-refractivity contribution in [3.63, 3.8) is 0 Å². The molecule has 0 bridgehead atoms. The number of rotatable bonds is 14. The van der Waals surface area contributed by atoms with Crippen LogP contribution in [0.2, 0.25) is 0 Å². The number of ketones is 4. The zero-order valence-electron chi connectivity index (χ0n) is 28.1. The third-order valence-corrected chi connectivity index (χ3v) is 9.71. The maximum absolute atomic E-state index is 13.9. The molecule has 0 radical (unpaired) electrons. The number of aryl methyl sites for hydroxylation is 4. The molecule has 3 aromatic carbocycles. The maximum Gasteiger partial charge on any atom is 0.418 e. The number of hydrogen-bond donors (Lipinski definition) is 0. The van der Waals surface area contributed by atoms with Crippen LogP contribution in [0, 0.1) is 0 Å². The molecule has 0 aliphatic heterocycles. The first kappa shape index (κ1) is 35.1. The van der Waals surface area contributed by atoms with Gasteiger partial charge in [0.1, 0.15) is 5.69 Å². The molecule has 1 aromatic heterocycles. The van der Waals surface area contributed by atoms with E-state index in [1.807, 2.05) is 30.3 Å². The Morgan fingerprint density at radius 1 is 0.640 bits per heavy atom. The lowest BCUT2D eigenvalue weighted by Gasteiger charge is -2.19. The minimum Gasteiger partial charge on any atom is -0.296 e. The molecule has 0 unspecified atom stereocenters. The van der Waals surface area contributed by atoms with Gasteiger partial charge in [0.15, 0.2) is 23.1 Å². The second-order valence-corrected chi connectivity index (χ2v) is 13.4. The molecule has 2 aliphatic carbocycles. The average molecular weight is 681 g/mol. The zero-order valence-corrected chi connectivity index (χ0v) is 28.1. The first-order valence-corrected chi connectivity index (χ1v) is 17.2. The summed E-state index contributed by atoms with van der Waals surface area (Å²) in [4.78, 5) is 58.1. The highest BCUT2D eigenvalue weighted by molar-refractivity contribution is 6.03. The Morgan fingerprint density at radius 2 is 1.18 bits per heavy atom. The van der Waals surface area contributed by atoms with Crippen LogP contribution in [0.3, 0.4) is 0 Å². The molecular weight excluding hydrogens is 641 g/mol. The van der Waals surface area contributed by atoms with Gasteiger partial charge in [-0.25, -0.2) is 4.98 Å². The van der Waals surface area contributed by atoms with E-state index in [0.717, 1.165) is 50.2 Å². The number of fused-ring (bicyclic) bond motifs is 2. The number of aromatic nitrogens is 1. The first-order chi connectivity index (χ1) is 24.0. The van der Waals surface area contributed by atoms with Crippen molar-refractivity contribution in [2.24, 2.45) is 0 Å². The molecule has 0 saturated heterocycles. The molecule has 258 valence electrons. The summed E-state index contributed by atoms with van der Waals surface area (Å²) in [5.74, 6) is -1.38. The van der Waals surface area contributed by atoms with Crippen molar-refractivity contribution in [2.45, 2.75) is 83.5 Å². The Hall–Kier alpha value is -4.76. The van der Waals surface area contributed by atoms with E-state index in [-0.39, 0.29) is 55.4 Å². The van der Waals surface area contributed by atoms with Gasteiger partial charge >= 0.3 is 6.18 Å². The van der Waals surface area contributed by atoms with Crippen molar-refractivity contribution in [2.75, 3.05) is 7.05 Å². The maximum atomic E-state index is 13.9. The molecule has 50 heavy (non-hydrogen) atoms. The molecule has 2 aliphatic rings. The molecule has 0 atom stereocenters. The molecule has 0 saturated carbocycles. The molecular formula is C41H39F3N2O4. The Kier molecular flexibility index (Phi) is 10.5. The van der Waals surface area contributed by atoms with Crippen LogP contribution < -0.4 is 0 Å². The largest absolute Gasteiger partial charge is 0.418 e. The third kappa shape index (κ3) is 8.16. The van der Waals surface area contributed by atoms with E-state index in [1.165, 1.54) is 22.8 Å². The molecule has 1 heterocycles. The van der Waals surface area contributed by atoms with Crippen LogP contribution in [0.15, 0.2) is 72.8 Å². The van der Waals surface area contributed by atoms with Crippen molar-refractivity contribution in [1.82, 2.24) is 9.88 Å². The fraction of sp³-hybridized carbons (Fsp3) is 0.341. The quantitative estimate of drug-likeness (QED) is 0.124. The summed E-state index contributed by atoms with van der Waals surface area (Å²) in [5, 5.41) is 0. The van der Waals surface area contributed by atoms with Crippen LogP contribution in [-0.4, -0.2) is 40.1 Å². The fourth-order valence-corrected chi connectivity index (χ4v) is 7.07. The number of nitrogens with zero attached hydrogens (tertiary/aromatic N) is 2. The molecule has 6 rings (SSSR count). The van der Waals surface area contributed by atoms with Gasteiger partial charge in [0.2, 0.25) is 0 Å². The number of pyridine rings is 1. The standard InChI is InChI=1S/C41H39F3N2O4/c1-46(24-32-6-2-3-11-34(32)38(49)20-18-36(47)30-14-12-26-7-4-9-28(26)22-30)25-33-16-17-35(41(42,43)44)40(45-33)39(50)21-19-37(48)31-15-13-27-8-5-10-29(27)23-31/h2-3,6,11-17,22-23H,4-5,7-10,18-21,24-25H2,1H3. The number of hydrogen-bond acceptors (Lipinski definition) is 6. The Morgan fingerprint density at radius 3 is 1.78 bits per heavy atom. The van der Waals surface area contributed by atoms with Crippen molar-refractivity contribution in [3.05, 3.63) is 134 Å². The highest BCUT2D eigenvalue weighted by Gasteiger charge is 2.36. The van der Waals surface area contributed by atoms with Crippen molar-refractivity contribution in [3.8, 4) is 0 Å². The predicted molar refractivity (Wildman–Crippen MR) is 184 cm³/mol. The van der Waals surface area contributed by atoms with Gasteiger partial charge in [0, 0.05) is 55.5 Å². The summed E-state index contributed by atoms with van der Waals surface area (Å²) in [6, 6.07) is 20.4. The van der Waals surface area contributed by atoms with Gasteiger partial charge in [-0.05, 0) is 97.7 Å². The number of halogens is 3. The molecule has 6 nitrogen and oxygen atoms in total. The van der Waals surface area contributed by atoms with Crippen LogP contribution in [0.5, 0.6) is 0 Å². The Labute approximate surface area is 289 Å². The van der Waals surface area contributed by atoms with E-state index in [0.29, 0.717) is 22.3 Å². The van der Waals surface area contributed by atoms with Crippen LogP contribution in [0.4, 0.5) is 13.2 Å². The summed E-state index contributed by atoms with van der Waals surface area (Å²) in [5.41, 5.74) is 5.47. The average Bonchev–Trinajstić information content (AvgIpc) is 3.78. The minimum absolute atomic E-state index is 0.0531. The second kappa shape index (κ2) is 15.0. The molecule has 0 spiro atoms. The van der Waals surface area contributed by atoms with Crippen molar-refractivity contribution in [1.29, 1.82) is 0 Å². The van der Waals surface area contributed by atoms with Gasteiger partial charge in [-0.2, -0.15) is 13.2 Å². The van der Waals surface area contributed by atoms with Gasteiger partial charge in [0.05, 0.1) is 11.3 Å². The van der Waals surface area contributed by atoms with Gasteiger partial charge in [-0.1, -0.05) is 48.5 Å². The number of carbonyl (C=O) groups excluding carboxylic acids is 4. The van der Waals surface area contributed by atoms with E-state index in [1.54, 1.807) is 42.3 Å². The summed E-state index contributed by atoms with van der Waals surface area (Å²) in [6.45, 7) is 0.383. The van der Waals surface area contributed by atoms with E-state index in [2.05, 4.69) is 4.98 Å². The Balaban J connectivity index is 1.09. The van der Waals surface area contributed by atoms with Crippen molar-refractivity contribution < 1.29 is 32.3 Å². The highest BCUT2D eigenvalue weighted by atomic mass is 19.4. The smallest absolute Gasteiger partial charge is 0.296 e. The SMILES string of the molecule is CN(Cc1ccc(C(F)(F)F)c(C(=O)CCC(=O)c2ccc3c(c2)CCC3)n1)Cc1ccccc1C(=O)CCC(=O)c1ccc2c(c1)CCC2. The summed E-state index contributed by atoms with van der Waals surface area (Å²) in [7, 11) is 1.74. The van der Waals surface area contributed by atoms with E-state index in [4.69, 9.17) is 0 Å². The van der Waals surface area contributed by atoms with Gasteiger partial charge in [-0.15, -0.1) is 0 Å². The van der Waals surface area contributed by atoms with Crippen LogP contribution in [0.25, 0.3) is 0 Å². The first-order valence-electron chi connectivity index (χ1n) is 17.2. The fourth-order valence-electron chi connectivity index (χ4n) is 7.07. The summed E-state index contributed by atoms with van der Waals surface area (Å²) >= 11 is 0. The van der Waals surface area contributed by atoms with Crippen LogP contribution in [0.1, 0.15) is 119 Å². The summed E-state index contributed by atoms with van der Waals surface area (Å²) in [6.07, 6.45) is 0.679.